The molecule has 2 unspecified atom stereocenters. The van der Waals surface area contributed by atoms with Crippen molar-refractivity contribution in [2.45, 2.75) is 25.3 Å². The molecule has 0 saturated carbocycles. The highest BCUT2D eigenvalue weighted by molar-refractivity contribution is 6.16. The fraction of sp³-hybridized carbons (Fsp3) is 0.562. The molecule has 0 aliphatic carbocycles. The molecule has 1 aromatic carbocycles. The van der Waals surface area contributed by atoms with E-state index in [0.29, 0.717) is 17.8 Å². The molecule has 21 heavy (non-hydrogen) atoms. The molecule has 0 bridgehead atoms. The van der Waals surface area contributed by atoms with Crippen LogP contribution in [0.4, 0.5) is 0 Å². The van der Waals surface area contributed by atoms with Crippen molar-refractivity contribution in [2.75, 3.05) is 27.2 Å². The first-order valence-electron chi connectivity index (χ1n) is 7.43. The minimum atomic E-state index is 0.441. The lowest BCUT2D eigenvalue weighted by atomic mass is 9.93. The topological polar surface area (TPSA) is 30.3 Å². The van der Waals surface area contributed by atoms with Crippen LogP contribution in [0.2, 0.25) is 0 Å². The third-order valence-corrected chi connectivity index (χ3v) is 4.72. The number of hydrogen-bond acceptors (Lipinski definition) is 3. The van der Waals surface area contributed by atoms with Crippen molar-refractivity contribution in [2.24, 2.45) is 5.92 Å². The van der Waals surface area contributed by atoms with Gasteiger partial charge in [0.1, 0.15) is 11.6 Å². The fourth-order valence-corrected chi connectivity index (χ4v) is 3.63. The molecule has 2 aromatic rings. The number of piperidine rings is 1. The molecule has 1 fully saturated rings. The van der Waals surface area contributed by atoms with Crippen molar-refractivity contribution in [3.63, 3.8) is 0 Å². The molecule has 0 N–H and O–H groups in total. The van der Waals surface area contributed by atoms with E-state index in [1.165, 1.54) is 0 Å². The molecule has 1 aromatic heterocycles. The molecule has 0 radical (unpaired) electrons. The van der Waals surface area contributed by atoms with E-state index in [-0.39, 0.29) is 0 Å². The van der Waals surface area contributed by atoms with Crippen LogP contribution < -0.4 is 4.74 Å². The van der Waals surface area contributed by atoms with E-state index in [0.717, 1.165) is 42.1 Å². The van der Waals surface area contributed by atoms with Gasteiger partial charge in [-0.15, -0.1) is 11.6 Å². The Labute approximate surface area is 130 Å². The van der Waals surface area contributed by atoms with Gasteiger partial charge in [0.05, 0.1) is 24.0 Å². The highest BCUT2D eigenvalue weighted by atomic mass is 35.5. The molecule has 3 rings (SSSR count). The van der Waals surface area contributed by atoms with Crippen molar-refractivity contribution >= 4 is 22.6 Å². The van der Waals surface area contributed by atoms with Gasteiger partial charge in [0.15, 0.2) is 0 Å². The minimum Gasteiger partial charge on any atom is -0.497 e. The summed E-state index contributed by atoms with van der Waals surface area (Å²) in [5.74, 6) is 2.84. The van der Waals surface area contributed by atoms with Crippen LogP contribution in [-0.4, -0.2) is 41.7 Å². The zero-order valence-corrected chi connectivity index (χ0v) is 13.6. The molecule has 0 amide bonds. The summed E-state index contributed by atoms with van der Waals surface area (Å²) in [5, 5.41) is 0. The average molecular weight is 308 g/mol. The zero-order valence-electron chi connectivity index (χ0n) is 12.8. The standard InChI is InChI=1S/C16H22ClN3O/c1-11-10-19(2)7-6-14(11)20-15-8-12(21-3)4-5-13(15)18-16(20)9-17/h4-5,8,11,14H,6-7,9-10H2,1-3H3. The molecular weight excluding hydrogens is 286 g/mol. The fourth-order valence-electron chi connectivity index (χ4n) is 3.44. The predicted octanol–water partition coefficient (Wildman–Crippen LogP) is 3.30. The summed E-state index contributed by atoms with van der Waals surface area (Å²) < 4.78 is 7.70. The minimum absolute atomic E-state index is 0.441. The number of ether oxygens (including phenoxy) is 1. The van der Waals surface area contributed by atoms with Crippen molar-refractivity contribution < 1.29 is 4.74 Å². The average Bonchev–Trinajstić information content (AvgIpc) is 2.84. The lowest BCUT2D eigenvalue weighted by Gasteiger charge is -2.36. The number of alkyl halides is 1. The van der Waals surface area contributed by atoms with Gasteiger partial charge in [-0.25, -0.2) is 4.98 Å². The third-order valence-electron chi connectivity index (χ3n) is 4.48. The summed E-state index contributed by atoms with van der Waals surface area (Å²) in [7, 11) is 3.88. The molecular formula is C16H22ClN3O. The van der Waals surface area contributed by atoms with E-state index < -0.39 is 0 Å². The van der Waals surface area contributed by atoms with Gasteiger partial charge in [-0.05, 0) is 38.1 Å². The van der Waals surface area contributed by atoms with Gasteiger partial charge in [-0.1, -0.05) is 6.92 Å². The number of methoxy groups -OCH3 is 1. The second kappa shape index (κ2) is 5.85. The Hall–Kier alpha value is -1.26. The number of nitrogens with zero attached hydrogens (tertiary/aromatic N) is 3. The Morgan fingerprint density at radius 2 is 2.24 bits per heavy atom. The van der Waals surface area contributed by atoms with Gasteiger partial charge in [0.25, 0.3) is 0 Å². The van der Waals surface area contributed by atoms with Crippen LogP contribution >= 0.6 is 11.6 Å². The number of halogens is 1. The van der Waals surface area contributed by atoms with E-state index in [9.17, 15) is 0 Å². The highest BCUT2D eigenvalue weighted by Crippen LogP contribution is 2.33. The molecule has 0 spiro atoms. The number of rotatable bonds is 3. The third kappa shape index (κ3) is 2.62. The normalized spacial score (nSPS) is 23.6. The molecule has 1 aliphatic heterocycles. The first kappa shape index (κ1) is 14.7. The van der Waals surface area contributed by atoms with E-state index in [1.807, 2.05) is 12.1 Å². The summed E-state index contributed by atoms with van der Waals surface area (Å²) in [6.07, 6.45) is 1.13. The molecule has 5 heteroatoms. The Balaban J connectivity index is 2.10. The van der Waals surface area contributed by atoms with Crippen LogP contribution in [0, 0.1) is 5.92 Å². The molecule has 4 nitrogen and oxygen atoms in total. The van der Waals surface area contributed by atoms with Crippen LogP contribution in [0.5, 0.6) is 5.75 Å². The van der Waals surface area contributed by atoms with Crippen molar-refractivity contribution in [3.8, 4) is 5.75 Å². The number of benzene rings is 1. The summed E-state index contributed by atoms with van der Waals surface area (Å²) in [6.45, 7) is 4.53. The maximum Gasteiger partial charge on any atom is 0.125 e. The predicted molar refractivity (Wildman–Crippen MR) is 86.2 cm³/mol. The quantitative estimate of drug-likeness (QED) is 0.815. The van der Waals surface area contributed by atoms with Crippen LogP contribution in [0.15, 0.2) is 18.2 Å². The number of likely N-dealkylation sites (tertiary alicyclic amines) is 1. The van der Waals surface area contributed by atoms with Crippen molar-refractivity contribution in [3.05, 3.63) is 24.0 Å². The summed E-state index contributed by atoms with van der Waals surface area (Å²) in [5.41, 5.74) is 2.13. The Morgan fingerprint density at radius 1 is 1.43 bits per heavy atom. The molecule has 2 atom stereocenters. The summed E-state index contributed by atoms with van der Waals surface area (Å²) in [6, 6.07) is 6.49. The first-order chi connectivity index (χ1) is 10.1. The van der Waals surface area contributed by atoms with Crippen LogP contribution in [0.25, 0.3) is 11.0 Å². The molecule has 2 heterocycles. The number of imidazole rings is 1. The molecule has 1 aliphatic rings. The Morgan fingerprint density at radius 3 is 2.90 bits per heavy atom. The van der Waals surface area contributed by atoms with Gasteiger partial charge in [0.2, 0.25) is 0 Å². The van der Waals surface area contributed by atoms with Gasteiger partial charge < -0.3 is 14.2 Å². The van der Waals surface area contributed by atoms with E-state index in [4.69, 9.17) is 21.3 Å². The van der Waals surface area contributed by atoms with E-state index in [1.54, 1.807) is 7.11 Å². The van der Waals surface area contributed by atoms with Gasteiger partial charge in [-0.2, -0.15) is 0 Å². The van der Waals surface area contributed by atoms with Gasteiger partial charge in [0, 0.05) is 18.7 Å². The lowest BCUT2D eigenvalue weighted by molar-refractivity contribution is 0.160. The second-order valence-electron chi connectivity index (χ2n) is 5.98. The SMILES string of the molecule is COc1ccc2nc(CCl)n(C3CCN(C)CC3C)c2c1. The number of aromatic nitrogens is 2. The Kier molecular flexibility index (Phi) is 4.09. The van der Waals surface area contributed by atoms with Crippen molar-refractivity contribution in [1.29, 1.82) is 0 Å². The second-order valence-corrected chi connectivity index (χ2v) is 6.25. The van der Waals surface area contributed by atoms with Crippen LogP contribution in [0.3, 0.4) is 0 Å². The highest BCUT2D eigenvalue weighted by Gasteiger charge is 2.28. The zero-order chi connectivity index (χ0) is 15.0. The summed E-state index contributed by atoms with van der Waals surface area (Å²) in [4.78, 5) is 7.09. The van der Waals surface area contributed by atoms with Crippen molar-refractivity contribution in [1.82, 2.24) is 14.5 Å². The van der Waals surface area contributed by atoms with Gasteiger partial charge >= 0.3 is 0 Å². The van der Waals surface area contributed by atoms with Crippen LogP contribution in [-0.2, 0) is 5.88 Å². The van der Waals surface area contributed by atoms with Crippen LogP contribution in [0.1, 0.15) is 25.2 Å². The van der Waals surface area contributed by atoms with E-state index >= 15 is 0 Å². The smallest absolute Gasteiger partial charge is 0.125 e. The molecule has 114 valence electrons. The Bertz CT molecular complexity index is 640. The first-order valence-corrected chi connectivity index (χ1v) is 7.97. The lowest BCUT2D eigenvalue weighted by Crippen LogP contribution is -2.38. The van der Waals surface area contributed by atoms with Gasteiger partial charge in [-0.3, -0.25) is 0 Å². The number of hydrogen-bond donors (Lipinski definition) is 0. The maximum atomic E-state index is 6.15. The summed E-state index contributed by atoms with van der Waals surface area (Å²) >= 11 is 6.15. The maximum absolute atomic E-state index is 6.15. The largest absolute Gasteiger partial charge is 0.497 e. The molecule has 1 saturated heterocycles. The van der Waals surface area contributed by atoms with E-state index in [2.05, 4.69) is 29.5 Å². The number of fused-ring (bicyclic) bond motifs is 1. The monoisotopic (exact) mass is 307 g/mol.